The minimum absolute atomic E-state index is 0.0844. The van der Waals surface area contributed by atoms with Gasteiger partial charge in [0.05, 0.1) is 12.9 Å². The molecule has 1 aliphatic heterocycles. The topological polar surface area (TPSA) is 75.7 Å². The van der Waals surface area contributed by atoms with Gasteiger partial charge >= 0.3 is 0 Å². The number of nitrogens with one attached hydrogen (secondary N) is 1. The van der Waals surface area contributed by atoms with Gasteiger partial charge in [-0.15, -0.1) is 0 Å². The van der Waals surface area contributed by atoms with Crippen LogP contribution in [0.1, 0.15) is 27.0 Å². The highest BCUT2D eigenvalue weighted by molar-refractivity contribution is 7.89. The molecule has 27 heavy (non-hydrogen) atoms. The van der Waals surface area contributed by atoms with Gasteiger partial charge in [-0.25, -0.2) is 8.42 Å². The molecular formula is C20H24N2O4S. The summed E-state index contributed by atoms with van der Waals surface area (Å²) in [6, 6.07) is 12.9. The maximum absolute atomic E-state index is 12.6. The summed E-state index contributed by atoms with van der Waals surface area (Å²) in [6.07, 6.45) is 0.654. The lowest BCUT2D eigenvalue weighted by atomic mass is 10.0. The smallest absolute Gasteiger partial charge is 0.251 e. The van der Waals surface area contributed by atoms with Crippen LogP contribution in [0.5, 0.6) is 5.75 Å². The Labute approximate surface area is 160 Å². The lowest BCUT2D eigenvalue weighted by Crippen LogP contribution is -2.40. The van der Waals surface area contributed by atoms with Gasteiger partial charge in [0.1, 0.15) is 5.75 Å². The molecule has 1 amide bonds. The molecule has 0 atom stereocenters. The van der Waals surface area contributed by atoms with Crippen LogP contribution in [0.25, 0.3) is 0 Å². The fourth-order valence-electron chi connectivity index (χ4n) is 3.18. The molecule has 7 heteroatoms. The zero-order valence-electron chi connectivity index (χ0n) is 15.6. The van der Waals surface area contributed by atoms with Crippen molar-refractivity contribution < 1.29 is 17.9 Å². The quantitative estimate of drug-likeness (QED) is 0.823. The molecule has 0 saturated carbocycles. The number of carbonyl (C=O) groups is 1. The second kappa shape index (κ2) is 8.10. The predicted octanol–water partition coefficient (Wildman–Crippen LogP) is 2.12. The second-order valence-electron chi connectivity index (χ2n) is 6.66. The number of fused-ring (bicyclic) bond motifs is 1. The second-order valence-corrected chi connectivity index (χ2v) is 8.75. The Balaban J connectivity index is 1.58. The van der Waals surface area contributed by atoms with E-state index in [0.717, 1.165) is 22.4 Å². The molecular weight excluding hydrogens is 364 g/mol. The molecule has 1 aliphatic rings. The molecule has 0 bridgehead atoms. The van der Waals surface area contributed by atoms with Gasteiger partial charge in [-0.2, -0.15) is 4.31 Å². The van der Waals surface area contributed by atoms with E-state index in [-0.39, 0.29) is 18.2 Å². The Bertz CT molecular complexity index is 941. The number of sulfonamides is 1. The summed E-state index contributed by atoms with van der Waals surface area (Å²) >= 11 is 0. The van der Waals surface area contributed by atoms with Crippen molar-refractivity contribution in [2.24, 2.45) is 0 Å². The highest BCUT2D eigenvalue weighted by Crippen LogP contribution is 2.25. The van der Waals surface area contributed by atoms with Gasteiger partial charge in [-0.3, -0.25) is 4.79 Å². The van der Waals surface area contributed by atoms with E-state index in [2.05, 4.69) is 5.32 Å². The van der Waals surface area contributed by atoms with Gasteiger partial charge in [0, 0.05) is 25.2 Å². The molecule has 0 aromatic heterocycles. The van der Waals surface area contributed by atoms with Crippen molar-refractivity contribution in [3.05, 3.63) is 64.7 Å². The minimum atomic E-state index is -3.44. The van der Waals surface area contributed by atoms with Gasteiger partial charge in [0.2, 0.25) is 10.0 Å². The van der Waals surface area contributed by atoms with Crippen LogP contribution in [0.4, 0.5) is 0 Å². The first-order valence-electron chi connectivity index (χ1n) is 8.87. The summed E-state index contributed by atoms with van der Waals surface area (Å²) in [7, 11) is -1.82. The van der Waals surface area contributed by atoms with Crippen molar-refractivity contribution in [1.82, 2.24) is 9.62 Å². The van der Waals surface area contributed by atoms with E-state index < -0.39 is 10.0 Å². The third-order valence-electron chi connectivity index (χ3n) is 4.71. The lowest BCUT2D eigenvalue weighted by molar-refractivity contribution is 0.0956. The van der Waals surface area contributed by atoms with Crippen LogP contribution >= 0.6 is 0 Å². The van der Waals surface area contributed by atoms with Crippen LogP contribution in [0.15, 0.2) is 42.5 Å². The van der Waals surface area contributed by atoms with E-state index in [1.807, 2.05) is 31.2 Å². The van der Waals surface area contributed by atoms with E-state index in [4.69, 9.17) is 4.74 Å². The number of aryl methyl sites for hydroxylation is 1. The molecule has 0 aliphatic carbocycles. The fraction of sp³-hybridized carbons (Fsp3) is 0.350. The highest BCUT2D eigenvalue weighted by atomic mass is 32.2. The van der Waals surface area contributed by atoms with Gasteiger partial charge in [0.25, 0.3) is 5.91 Å². The van der Waals surface area contributed by atoms with Crippen molar-refractivity contribution in [2.45, 2.75) is 19.9 Å². The monoisotopic (exact) mass is 388 g/mol. The van der Waals surface area contributed by atoms with E-state index in [0.29, 0.717) is 25.1 Å². The van der Waals surface area contributed by atoms with E-state index in [9.17, 15) is 13.2 Å². The molecule has 2 aromatic carbocycles. The number of amides is 1. The van der Waals surface area contributed by atoms with E-state index in [1.54, 1.807) is 25.3 Å². The minimum Gasteiger partial charge on any atom is -0.497 e. The summed E-state index contributed by atoms with van der Waals surface area (Å²) < 4.78 is 32.0. The average molecular weight is 388 g/mol. The van der Waals surface area contributed by atoms with Gasteiger partial charge < -0.3 is 10.1 Å². The van der Waals surface area contributed by atoms with Gasteiger partial charge in [-0.1, -0.05) is 23.8 Å². The van der Waals surface area contributed by atoms with Crippen LogP contribution in [0.3, 0.4) is 0 Å². The van der Waals surface area contributed by atoms with E-state index >= 15 is 0 Å². The van der Waals surface area contributed by atoms with Crippen LogP contribution < -0.4 is 10.1 Å². The predicted molar refractivity (Wildman–Crippen MR) is 104 cm³/mol. The molecule has 1 N–H and O–H groups in total. The molecule has 0 radical (unpaired) electrons. The standard InChI is InChI=1S/C20H24N2O4S/c1-15-4-3-5-17(12-15)20(23)21-9-11-27(24,25)22-10-8-16-13-19(26-2)7-6-18(16)14-22/h3-7,12-13H,8-11,14H2,1-2H3,(H,21,23). The highest BCUT2D eigenvalue weighted by Gasteiger charge is 2.26. The number of hydrogen-bond acceptors (Lipinski definition) is 4. The zero-order valence-corrected chi connectivity index (χ0v) is 16.4. The number of rotatable bonds is 6. The molecule has 0 fully saturated rings. The molecule has 0 unspecified atom stereocenters. The summed E-state index contributed by atoms with van der Waals surface area (Å²) in [5.41, 5.74) is 3.63. The summed E-state index contributed by atoms with van der Waals surface area (Å²) in [6.45, 7) is 2.79. The zero-order chi connectivity index (χ0) is 19.4. The number of carbonyl (C=O) groups excluding carboxylic acids is 1. The van der Waals surface area contributed by atoms with Crippen molar-refractivity contribution in [3.8, 4) is 5.75 Å². The van der Waals surface area contributed by atoms with Crippen molar-refractivity contribution in [1.29, 1.82) is 0 Å². The third kappa shape index (κ3) is 4.67. The SMILES string of the molecule is COc1ccc2c(c1)CCN(S(=O)(=O)CCNC(=O)c1cccc(C)c1)C2. The van der Waals surface area contributed by atoms with Crippen molar-refractivity contribution in [3.63, 3.8) is 0 Å². The molecule has 0 saturated heterocycles. The Morgan fingerprint density at radius 1 is 1.19 bits per heavy atom. The molecule has 1 heterocycles. The molecule has 6 nitrogen and oxygen atoms in total. The number of methoxy groups -OCH3 is 1. The molecule has 3 rings (SSSR count). The van der Waals surface area contributed by atoms with Crippen molar-refractivity contribution >= 4 is 15.9 Å². The number of benzene rings is 2. The Kier molecular flexibility index (Phi) is 5.82. The Hall–Kier alpha value is -2.38. The first kappa shape index (κ1) is 19.4. The van der Waals surface area contributed by atoms with Crippen LogP contribution in [0, 0.1) is 6.92 Å². The summed E-state index contributed by atoms with van der Waals surface area (Å²) in [5.74, 6) is 0.407. The van der Waals surface area contributed by atoms with Gasteiger partial charge in [-0.05, 0) is 48.7 Å². The number of ether oxygens (including phenoxy) is 1. The number of nitrogens with zero attached hydrogens (tertiary/aromatic N) is 1. The maximum atomic E-state index is 12.6. The lowest BCUT2D eigenvalue weighted by Gasteiger charge is -2.28. The average Bonchev–Trinajstić information content (AvgIpc) is 2.66. The Morgan fingerprint density at radius 3 is 2.74 bits per heavy atom. The summed E-state index contributed by atoms with van der Waals surface area (Å²) in [4.78, 5) is 12.2. The molecule has 2 aromatic rings. The Morgan fingerprint density at radius 2 is 2.00 bits per heavy atom. The van der Waals surface area contributed by atoms with Crippen LogP contribution in [-0.2, 0) is 23.0 Å². The van der Waals surface area contributed by atoms with Crippen molar-refractivity contribution in [2.75, 3.05) is 26.0 Å². The number of hydrogen-bond donors (Lipinski definition) is 1. The van der Waals surface area contributed by atoms with Crippen LogP contribution in [0.2, 0.25) is 0 Å². The maximum Gasteiger partial charge on any atom is 0.251 e. The van der Waals surface area contributed by atoms with Crippen LogP contribution in [-0.4, -0.2) is 44.6 Å². The van der Waals surface area contributed by atoms with Gasteiger partial charge in [0.15, 0.2) is 0 Å². The van der Waals surface area contributed by atoms with E-state index in [1.165, 1.54) is 4.31 Å². The summed E-state index contributed by atoms with van der Waals surface area (Å²) in [5, 5.41) is 2.69. The largest absolute Gasteiger partial charge is 0.497 e. The molecule has 144 valence electrons. The third-order valence-corrected chi connectivity index (χ3v) is 6.53. The normalized spacial score (nSPS) is 14.4. The fourth-order valence-corrected chi connectivity index (χ4v) is 4.50. The molecule has 0 spiro atoms. The first-order valence-corrected chi connectivity index (χ1v) is 10.5. The first-order chi connectivity index (χ1) is 12.9.